The summed E-state index contributed by atoms with van der Waals surface area (Å²) in [6.45, 7) is 5.36. The van der Waals surface area contributed by atoms with Crippen LogP contribution in [0, 0.1) is 0 Å². The van der Waals surface area contributed by atoms with Gasteiger partial charge in [-0.2, -0.15) is 0 Å². The van der Waals surface area contributed by atoms with E-state index in [-0.39, 0.29) is 0 Å². The summed E-state index contributed by atoms with van der Waals surface area (Å²) in [5, 5.41) is 6.67. The smallest absolute Gasteiger partial charge is 0.191 e. The molecular formula is C15H26N4O. The van der Waals surface area contributed by atoms with Gasteiger partial charge in [0.15, 0.2) is 5.96 Å². The van der Waals surface area contributed by atoms with Gasteiger partial charge in [-0.3, -0.25) is 4.99 Å². The predicted molar refractivity (Wildman–Crippen MR) is 82.1 cm³/mol. The highest BCUT2D eigenvalue weighted by Gasteiger charge is 2.09. The van der Waals surface area contributed by atoms with Crippen molar-refractivity contribution in [3.05, 3.63) is 24.2 Å². The second-order valence-electron chi connectivity index (χ2n) is 5.16. The summed E-state index contributed by atoms with van der Waals surface area (Å²) >= 11 is 0. The number of nitrogens with zero attached hydrogens (tertiary/aromatic N) is 2. The molecule has 0 aromatic carbocycles. The van der Waals surface area contributed by atoms with Crippen LogP contribution in [0.3, 0.4) is 0 Å². The monoisotopic (exact) mass is 278 g/mol. The molecule has 0 aliphatic carbocycles. The molecule has 0 amide bonds. The molecule has 0 atom stereocenters. The molecule has 2 N–H and O–H groups in total. The number of furan rings is 1. The van der Waals surface area contributed by atoms with Crippen LogP contribution in [0.25, 0.3) is 0 Å². The molecule has 1 aromatic rings. The van der Waals surface area contributed by atoms with Crippen LogP contribution >= 0.6 is 0 Å². The summed E-state index contributed by atoms with van der Waals surface area (Å²) in [5.74, 6) is 1.87. The van der Waals surface area contributed by atoms with Crippen LogP contribution < -0.4 is 10.6 Å². The van der Waals surface area contributed by atoms with Gasteiger partial charge in [0.05, 0.1) is 6.26 Å². The minimum absolute atomic E-state index is 0.830. The third-order valence-corrected chi connectivity index (χ3v) is 3.64. The molecule has 112 valence electrons. The van der Waals surface area contributed by atoms with E-state index in [9.17, 15) is 0 Å². The van der Waals surface area contributed by atoms with Crippen LogP contribution in [-0.2, 0) is 6.42 Å². The summed E-state index contributed by atoms with van der Waals surface area (Å²) < 4.78 is 5.30. The Hall–Kier alpha value is -1.49. The number of aliphatic imine (C=N–C) groups is 1. The zero-order valence-corrected chi connectivity index (χ0v) is 12.4. The number of hydrogen-bond acceptors (Lipinski definition) is 3. The number of piperidine rings is 1. The first kappa shape index (κ1) is 14.9. The summed E-state index contributed by atoms with van der Waals surface area (Å²) in [5.41, 5.74) is 0. The maximum Gasteiger partial charge on any atom is 0.191 e. The Balaban J connectivity index is 1.57. The van der Waals surface area contributed by atoms with Crippen molar-refractivity contribution in [2.75, 3.05) is 39.8 Å². The number of hydrogen-bond donors (Lipinski definition) is 2. The molecule has 0 radical (unpaired) electrons. The molecule has 1 saturated heterocycles. The van der Waals surface area contributed by atoms with E-state index in [1.165, 1.54) is 32.4 Å². The van der Waals surface area contributed by atoms with Crippen molar-refractivity contribution < 1.29 is 4.42 Å². The van der Waals surface area contributed by atoms with E-state index in [1.54, 1.807) is 6.26 Å². The second kappa shape index (κ2) is 8.64. The van der Waals surface area contributed by atoms with Crippen LogP contribution in [0.2, 0.25) is 0 Å². The lowest BCUT2D eigenvalue weighted by Crippen LogP contribution is -2.43. The molecule has 2 rings (SSSR count). The maximum atomic E-state index is 5.30. The molecule has 20 heavy (non-hydrogen) atoms. The van der Waals surface area contributed by atoms with Gasteiger partial charge in [0, 0.05) is 33.1 Å². The number of guanidine groups is 1. The number of likely N-dealkylation sites (tertiary alicyclic amines) is 1. The predicted octanol–water partition coefficient (Wildman–Crippen LogP) is 1.47. The van der Waals surface area contributed by atoms with Crippen LogP contribution in [0.5, 0.6) is 0 Å². The van der Waals surface area contributed by atoms with Gasteiger partial charge in [0.25, 0.3) is 0 Å². The molecule has 0 saturated carbocycles. The van der Waals surface area contributed by atoms with Gasteiger partial charge >= 0.3 is 0 Å². The molecule has 1 aromatic heterocycles. The molecule has 1 aliphatic rings. The largest absolute Gasteiger partial charge is 0.469 e. The highest BCUT2D eigenvalue weighted by atomic mass is 16.3. The standard InChI is InChI=1S/C15H26N4O/c1-16-15(17-8-7-14-6-5-13-20-14)18-9-12-19-10-3-2-4-11-19/h5-6,13H,2-4,7-12H2,1H3,(H2,16,17,18). The molecule has 5 heteroatoms. The Morgan fingerprint density at radius 1 is 1.25 bits per heavy atom. The fourth-order valence-electron chi connectivity index (χ4n) is 2.49. The third kappa shape index (κ3) is 5.25. The van der Waals surface area contributed by atoms with Crippen molar-refractivity contribution in [1.29, 1.82) is 0 Å². The highest BCUT2D eigenvalue weighted by molar-refractivity contribution is 5.79. The highest BCUT2D eigenvalue weighted by Crippen LogP contribution is 2.07. The first-order valence-electron chi connectivity index (χ1n) is 7.58. The van der Waals surface area contributed by atoms with E-state index in [4.69, 9.17) is 4.42 Å². The van der Waals surface area contributed by atoms with Crippen molar-refractivity contribution in [3.8, 4) is 0 Å². The van der Waals surface area contributed by atoms with Gasteiger partial charge in [0.1, 0.15) is 5.76 Å². The fraction of sp³-hybridized carbons (Fsp3) is 0.667. The van der Waals surface area contributed by atoms with Crippen molar-refractivity contribution >= 4 is 5.96 Å². The molecule has 1 aliphatic heterocycles. The van der Waals surface area contributed by atoms with Gasteiger partial charge in [0.2, 0.25) is 0 Å². The maximum absolute atomic E-state index is 5.30. The summed E-state index contributed by atoms with van der Waals surface area (Å²) in [6, 6.07) is 3.91. The van der Waals surface area contributed by atoms with Crippen LogP contribution in [0.15, 0.2) is 27.8 Å². The molecule has 5 nitrogen and oxygen atoms in total. The fourth-order valence-corrected chi connectivity index (χ4v) is 2.49. The van der Waals surface area contributed by atoms with E-state index in [1.807, 2.05) is 19.2 Å². The lowest BCUT2D eigenvalue weighted by atomic mass is 10.1. The topological polar surface area (TPSA) is 52.8 Å². The summed E-state index contributed by atoms with van der Waals surface area (Å²) in [4.78, 5) is 6.76. The quantitative estimate of drug-likeness (QED) is 0.611. The summed E-state index contributed by atoms with van der Waals surface area (Å²) in [6.07, 6.45) is 6.66. The molecule has 0 bridgehead atoms. The van der Waals surface area contributed by atoms with E-state index >= 15 is 0 Å². The molecule has 0 unspecified atom stereocenters. The Kier molecular flexibility index (Phi) is 6.44. The van der Waals surface area contributed by atoms with Gasteiger partial charge < -0.3 is 20.0 Å². The van der Waals surface area contributed by atoms with Crippen molar-refractivity contribution in [2.24, 2.45) is 4.99 Å². The minimum Gasteiger partial charge on any atom is -0.469 e. The van der Waals surface area contributed by atoms with Crippen molar-refractivity contribution in [2.45, 2.75) is 25.7 Å². The zero-order valence-electron chi connectivity index (χ0n) is 12.4. The Labute approximate surface area is 121 Å². The molecule has 2 heterocycles. The average molecular weight is 278 g/mol. The van der Waals surface area contributed by atoms with Crippen LogP contribution in [0.4, 0.5) is 0 Å². The lowest BCUT2D eigenvalue weighted by Gasteiger charge is -2.26. The van der Waals surface area contributed by atoms with Crippen molar-refractivity contribution in [3.63, 3.8) is 0 Å². The Bertz CT molecular complexity index is 383. The lowest BCUT2D eigenvalue weighted by molar-refractivity contribution is 0.232. The zero-order chi connectivity index (χ0) is 14.0. The van der Waals surface area contributed by atoms with E-state index in [0.717, 1.165) is 37.8 Å². The third-order valence-electron chi connectivity index (χ3n) is 3.64. The van der Waals surface area contributed by atoms with Gasteiger partial charge in [-0.15, -0.1) is 0 Å². The first-order valence-corrected chi connectivity index (χ1v) is 7.58. The molecular weight excluding hydrogens is 252 g/mol. The first-order chi connectivity index (χ1) is 9.88. The SMILES string of the molecule is CN=C(NCCc1ccco1)NCCN1CCCCC1. The van der Waals surface area contributed by atoms with Crippen LogP contribution in [-0.4, -0.2) is 50.6 Å². The number of rotatable bonds is 6. The van der Waals surface area contributed by atoms with E-state index in [2.05, 4.69) is 20.5 Å². The van der Waals surface area contributed by atoms with Gasteiger partial charge in [-0.1, -0.05) is 6.42 Å². The number of nitrogens with one attached hydrogen (secondary N) is 2. The van der Waals surface area contributed by atoms with Crippen LogP contribution in [0.1, 0.15) is 25.0 Å². The normalized spacial score (nSPS) is 17.1. The minimum atomic E-state index is 0.830. The summed E-state index contributed by atoms with van der Waals surface area (Å²) in [7, 11) is 1.81. The average Bonchev–Trinajstić information content (AvgIpc) is 3.00. The van der Waals surface area contributed by atoms with E-state index < -0.39 is 0 Å². The second-order valence-corrected chi connectivity index (χ2v) is 5.16. The van der Waals surface area contributed by atoms with Gasteiger partial charge in [-0.25, -0.2) is 0 Å². The molecule has 0 spiro atoms. The van der Waals surface area contributed by atoms with Gasteiger partial charge in [-0.05, 0) is 38.1 Å². The van der Waals surface area contributed by atoms with E-state index in [0.29, 0.717) is 0 Å². The molecule has 1 fully saturated rings. The Morgan fingerprint density at radius 3 is 2.75 bits per heavy atom. The Morgan fingerprint density at radius 2 is 2.05 bits per heavy atom. The van der Waals surface area contributed by atoms with Crippen molar-refractivity contribution in [1.82, 2.24) is 15.5 Å².